The number of amidine groups is 1. The van der Waals surface area contributed by atoms with Gasteiger partial charge in [0.15, 0.2) is 5.78 Å². The Morgan fingerprint density at radius 1 is 1.06 bits per heavy atom. The molecule has 7 nitrogen and oxygen atoms in total. The zero-order valence-electron chi connectivity index (χ0n) is 20.9. The summed E-state index contributed by atoms with van der Waals surface area (Å²) in [7, 11) is 1.51. The number of nitrogens with zero attached hydrogens (tertiary/aromatic N) is 2. The minimum absolute atomic E-state index is 0.0500. The van der Waals surface area contributed by atoms with Gasteiger partial charge in [0.1, 0.15) is 11.6 Å². The molecular formula is C27H32N4O3. The maximum absolute atomic E-state index is 13.4. The van der Waals surface area contributed by atoms with Crippen molar-refractivity contribution in [2.45, 2.75) is 58.9 Å². The lowest BCUT2D eigenvalue weighted by Gasteiger charge is -2.28. The Hall–Kier alpha value is -3.66. The smallest absolute Gasteiger partial charge is 0.251 e. The second-order valence-electron chi connectivity index (χ2n) is 10.8. The first-order valence-electron chi connectivity index (χ1n) is 11.2. The van der Waals surface area contributed by atoms with Crippen LogP contribution in [-0.4, -0.2) is 41.1 Å². The SMILES string of the molecule is CNC(=O)c1cc(C#N)c2c(c1)C(=N)N(CC(=O)c1cc(C(C)(C)C)c(O)c(C(C)(C)C)c1)C2. The third kappa shape index (κ3) is 4.54. The van der Waals surface area contributed by atoms with Crippen LogP contribution in [0.15, 0.2) is 24.3 Å². The highest BCUT2D eigenvalue weighted by molar-refractivity contribution is 6.07. The first-order valence-corrected chi connectivity index (χ1v) is 11.2. The second kappa shape index (κ2) is 8.60. The molecule has 0 saturated heterocycles. The summed E-state index contributed by atoms with van der Waals surface area (Å²) in [6.45, 7) is 12.1. The molecule has 7 heteroatoms. The highest BCUT2D eigenvalue weighted by atomic mass is 16.3. The van der Waals surface area contributed by atoms with Crippen LogP contribution in [0.3, 0.4) is 0 Å². The Morgan fingerprint density at radius 3 is 2.09 bits per heavy atom. The highest BCUT2D eigenvalue weighted by Gasteiger charge is 2.32. The van der Waals surface area contributed by atoms with Gasteiger partial charge >= 0.3 is 0 Å². The third-order valence-corrected chi connectivity index (χ3v) is 6.16. The molecule has 0 bridgehead atoms. The number of ketones is 1. The number of carbonyl (C=O) groups is 2. The molecule has 1 aliphatic rings. The van der Waals surface area contributed by atoms with E-state index in [1.165, 1.54) is 13.1 Å². The first kappa shape index (κ1) is 25.0. The van der Waals surface area contributed by atoms with Crippen molar-refractivity contribution >= 4 is 17.5 Å². The van der Waals surface area contributed by atoms with Gasteiger partial charge in [0.05, 0.1) is 18.2 Å². The average molecular weight is 461 g/mol. The number of hydrogen-bond acceptors (Lipinski definition) is 5. The van der Waals surface area contributed by atoms with E-state index in [0.29, 0.717) is 38.9 Å². The van der Waals surface area contributed by atoms with E-state index in [9.17, 15) is 20.0 Å². The summed E-state index contributed by atoms with van der Waals surface area (Å²) in [6, 6.07) is 8.70. The fourth-order valence-electron chi connectivity index (χ4n) is 4.21. The molecule has 0 aliphatic carbocycles. The topological polar surface area (TPSA) is 117 Å². The predicted octanol–water partition coefficient (Wildman–Crippen LogP) is 4.24. The molecule has 0 atom stereocenters. The summed E-state index contributed by atoms with van der Waals surface area (Å²) in [5.41, 5.74) is 2.90. The number of nitriles is 1. The van der Waals surface area contributed by atoms with Gasteiger partial charge in [0.2, 0.25) is 0 Å². The van der Waals surface area contributed by atoms with Crippen LogP contribution in [0.4, 0.5) is 0 Å². The number of nitrogens with one attached hydrogen (secondary N) is 2. The molecule has 1 heterocycles. The van der Waals surface area contributed by atoms with E-state index in [2.05, 4.69) is 11.4 Å². The number of phenolic OH excluding ortho intramolecular Hbond substituents is 1. The molecule has 3 N–H and O–H groups in total. The van der Waals surface area contributed by atoms with Crippen LogP contribution in [0, 0.1) is 16.7 Å². The van der Waals surface area contributed by atoms with Crippen LogP contribution in [0.2, 0.25) is 0 Å². The minimum atomic E-state index is -0.366. The van der Waals surface area contributed by atoms with Gasteiger partial charge in [0, 0.05) is 47.0 Å². The number of benzene rings is 2. The summed E-state index contributed by atoms with van der Waals surface area (Å²) in [5, 5.41) is 31.7. The minimum Gasteiger partial charge on any atom is -0.507 e. The highest BCUT2D eigenvalue weighted by Crippen LogP contribution is 2.40. The monoisotopic (exact) mass is 460 g/mol. The van der Waals surface area contributed by atoms with Crippen molar-refractivity contribution in [3.63, 3.8) is 0 Å². The van der Waals surface area contributed by atoms with Crippen LogP contribution in [-0.2, 0) is 17.4 Å². The standard InChI is InChI=1S/C27H32N4O3/c1-26(2,3)20-10-15(11-21(23(20)33)27(4,5)6)22(32)14-31-13-19-17(12-28)8-16(25(34)30-7)9-18(19)24(31)29/h8-11,29,33H,13-14H2,1-7H3,(H,30,34). The molecule has 0 spiro atoms. The summed E-state index contributed by atoms with van der Waals surface area (Å²) in [6.07, 6.45) is 0. The van der Waals surface area contributed by atoms with Crippen molar-refractivity contribution in [3.05, 3.63) is 63.2 Å². The van der Waals surface area contributed by atoms with Gasteiger partial charge in [0.25, 0.3) is 5.91 Å². The van der Waals surface area contributed by atoms with Crippen molar-refractivity contribution in [1.29, 1.82) is 10.7 Å². The Morgan fingerprint density at radius 2 is 1.62 bits per heavy atom. The number of Topliss-reactive ketones (excluding diaryl/α,β-unsaturated/α-hetero) is 1. The summed E-state index contributed by atoms with van der Waals surface area (Å²) in [4.78, 5) is 27.1. The van der Waals surface area contributed by atoms with Gasteiger partial charge in [-0.3, -0.25) is 15.0 Å². The van der Waals surface area contributed by atoms with Crippen LogP contribution < -0.4 is 5.32 Å². The molecule has 3 rings (SSSR count). The molecule has 0 unspecified atom stereocenters. The van der Waals surface area contributed by atoms with Crippen LogP contribution in [0.25, 0.3) is 0 Å². The molecule has 178 valence electrons. The maximum atomic E-state index is 13.4. The molecule has 0 radical (unpaired) electrons. The van der Waals surface area contributed by atoms with Gasteiger partial charge in [-0.1, -0.05) is 41.5 Å². The number of aromatic hydroxyl groups is 1. The first-order chi connectivity index (χ1) is 15.7. The zero-order valence-corrected chi connectivity index (χ0v) is 20.9. The lowest BCUT2D eigenvalue weighted by molar-refractivity contribution is 0.0954. The van der Waals surface area contributed by atoms with E-state index in [-0.39, 0.29) is 47.2 Å². The Labute approximate surface area is 200 Å². The number of hydrogen-bond donors (Lipinski definition) is 3. The van der Waals surface area contributed by atoms with E-state index >= 15 is 0 Å². The fraction of sp³-hybridized carbons (Fsp3) is 0.407. The summed E-state index contributed by atoms with van der Waals surface area (Å²) >= 11 is 0. The van der Waals surface area contributed by atoms with Crippen molar-refractivity contribution in [2.75, 3.05) is 13.6 Å². The van der Waals surface area contributed by atoms with E-state index < -0.39 is 0 Å². The molecule has 2 aromatic rings. The van der Waals surface area contributed by atoms with Gasteiger partial charge < -0.3 is 15.3 Å². The number of phenols is 1. The van der Waals surface area contributed by atoms with Crippen molar-refractivity contribution < 1.29 is 14.7 Å². The Kier molecular flexibility index (Phi) is 6.32. The number of rotatable bonds is 4. The third-order valence-electron chi connectivity index (χ3n) is 6.16. The second-order valence-corrected chi connectivity index (χ2v) is 10.8. The zero-order chi connectivity index (χ0) is 25.6. The van der Waals surface area contributed by atoms with Gasteiger partial charge in [-0.2, -0.15) is 5.26 Å². The molecule has 0 saturated carbocycles. The van der Waals surface area contributed by atoms with E-state index in [1.54, 1.807) is 23.1 Å². The number of amides is 1. The molecule has 34 heavy (non-hydrogen) atoms. The Balaban J connectivity index is 1.98. The van der Waals surface area contributed by atoms with E-state index in [1.807, 2.05) is 41.5 Å². The van der Waals surface area contributed by atoms with Crippen LogP contribution in [0.1, 0.15) is 90.1 Å². The van der Waals surface area contributed by atoms with E-state index in [4.69, 9.17) is 5.41 Å². The summed E-state index contributed by atoms with van der Waals surface area (Å²) < 4.78 is 0. The lowest BCUT2D eigenvalue weighted by Crippen LogP contribution is -2.31. The average Bonchev–Trinajstić information content (AvgIpc) is 3.06. The number of fused-ring (bicyclic) bond motifs is 1. The lowest BCUT2D eigenvalue weighted by atomic mass is 9.78. The van der Waals surface area contributed by atoms with Gasteiger partial charge in [-0.25, -0.2) is 0 Å². The van der Waals surface area contributed by atoms with Gasteiger partial charge in [-0.05, 0) is 35.1 Å². The van der Waals surface area contributed by atoms with Crippen LogP contribution in [0.5, 0.6) is 5.75 Å². The molecule has 2 aromatic carbocycles. The van der Waals surface area contributed by atoms with Crippen molar-refractivity contribution in [2.24, 2.45) is 0 Å². The maximum Gasteiger partial charge on any atom is 0.251 e. The predicted molar refractivity (Wildman–Crippen MR) is 132 cm³/mol. The number of carbonyl (C=O) groups excluding carboxylic acids is 2. The molecule has 0 aromatic heterocycles. The summed E-state index contributed by atoms with van der Waals surface area (Å²) in [5.74, 6) is -0.205. The molecular weight excluding hydrogens is 428 g/mol. The van der Waals surface area contributed by atoms with Crippen molar-refractivity contribution in [3.8, 4) is 11.8 Å². The largest absolute Gasteiger partial charge is 0.507 e. The quantitative estimate of drug-likeness (QED) is 0.590. The van der Waals surface area contributed by atoms with Crippen LogP contribution >= 0.6 is 0 Å². The van der Waals surface area contributed by atoms with Gasteiger partial charge in [-0.15, -0.1) is 0 Å². The van der Waals surface area contributed by atoms with E-state index in [0.717, 1.165) is 0 Å². The van der Waals surface area contributed by atoms with Crippen molar-refractivity contribution in [1.82, 2.24) is 10.2 Å². The molecule has 1 amide bonds. The fourth-order valence-corrected chi connectivity index (χ4v) is 4.21. The molecule has 1 aliphatic heterocycles. The Bertz CT molecular complexity index is 1210. The normalized spacial score (nSPS) is 13.5. The molecule has 0 fully saturated rings.